The molecule has 202 valence electrons. The monoisotopic (exact) mass is 525 g/mol. The van der Waals surface area contributed by atoms with Gasteiger partial charge in [0, 0.05) is 42.4 Å². The van der Waals surface area contributed by atoms with E-state index in [1.54, 1.807) is 38.5 Å². The number of carbonyl (C=O) groups is 1. The largest absolute Gasteiger partial charge is 0.493 e. The summed E-state index contributed by atoms with van der Waals surface area (Å²) in [6.07, 6.45) is -2.43. The topological polar surface area (TPSA) is 80.7 Å². The Morgan fingerprint density at radius 3 is 2.47 bits per heavy atom. The molecule has 0 bridgehead atoms. The van der Waals surface area contributed by atoms with Crippen LogP contribution in [0, 0.1) is 0 Å². The Morgan fingerprint density at radius 1 is 1.05 bits per heavy atom. The van der Waals surface area contributed by atoms with Crippen LogP contribution in [0.1, 0.15) is 48.3 Å². The lowest BCUT2D eigenvalue weighted by molar-refractivity contribution is 0.0616. The molecule has 1 amide bonds. The zero-order chi connectivity index (χ0) is 27.0. The molecule has 0 aliphatic carbocycles. The maximum Gasteiger partial charge on any atom is 0.260 e. The van der Waals surface area contributed by atoms with Crippen molar-refractivity contribution < 1.29 is 23.0 Å². The first-order valence-corrected chi connectivity index (χ1v) is 12.8. The minimum Gasteiger partial charge on any atom is -0.493 e. The van der Waals surface area contributed by atoms with E-state index in [0.29, 0.717) is 35.1 Å². The van der Waals surface area contributed by atoms with E-state index < -0.39 is 12.5 Å². The Bertz CT molecular complexity index is 1300. The number of carbonyl (C=O) groups excluding carboxylic acids is 1. The van der Waals surface area contributed by atoms with Crippen molar-refractivity contribution in [1.82, 2.24) is 20.0 Å². The molecule has 2 aliphatic rings. The van der Waals surface area contributed by atoms with E-state index in [-0.39, 0.29) is 30.5 Å². The third-order valence-electron chi connectivity index (χ3n) is 7.40. The summed E-state index contributed by atoms with van der Waals surface area (Å²) in [5.41, 5.74) is 2.73. The summed E-state index contributed by atoms with van der Waals surface area (Å²) in [6, 6.07) is 13.3. The van der Waals surface area contributed by atoms with E-state index in [1.807, 2.05) is 36.1 Å². The van der Waals surface area contributed by atoms with Crippen LogP contribution in [-0.2, 0) is 0 Å². The Balaban J connectivity index is 1.39. The molecule has 8 nitrogen and oxygen atoms in total. The van der Waals surface area contributed by atoms with Crippen molar-refractivity contribution in [2.24, 2.45) is 0 Å². The third kappa shape index (κ3) is 4.92. The first kappa shape index (κ1) is 26.0. The number of methoxy groups -OCH3 is 2. The van der Waals surface area contributed by atoms with Crippen molar-refractivity contribution in [2.75, 3.05) is 32.6 Å². The molecule has 0 spiro atoms. The van der Waals surface area contributed by atoms with Crippen LogP contribution in [0.4, 0.5) is 14.6 Å². The SMILES string of the molecule is COc1ccc(C2CC(C(F)F)n3nc(-c4ccc(C(=O)N5C[C@H](C)NC[C@H]5C)cc4)cc3N2)cc1OC. The lowest BCUT2D eigenvalue weighted by Gasteiger charge is -2.37. The van der Waals surface area contributed by atoms with Gasteiger partial charge in [-0.1, -0.05) is 18.2 Å². The van der Waals surface area contributed by atoms with Crippen LogP contribution in [0.25, 0.3) is 11.3 Å². The number of alkyl halides is 2. The van der Waals surface area contributed by atoms with Gasteiger partial charge in [0.1, 0.15) is 11.9 Å². The van der Waals surface area contributed by atoms with Crippen LogP contribution in [0.3, 0.4) is 0 Å². The second-order valence-corrected chi connectivity index (χ2v) is 10.0. The maximum atomic E-state index is 14.2. The normalized spacial score (nSPS) is 23.1. The minimum absolute atomic E-state index is 0.0151. The zero-order valence-electron chi connectivity index (χ0n) is 21.9. The van der Waals surface area contributed by atoms with Gasteiger partial charge in [0.2, 0.25) is 0 Å². The first-order chi connectivity index (χ1) is 18.3. The van der Waals surface area contributed by atoms with Crippen LogP contribution in [0.5, 0.6) is 11.5 Å². The fourth-order valence-electron chi connectivity index (χ4n) is 5.23. The van der Waals surface area contributed by atoms with Crippen molar-refractivity contribution in [3.8, 4) is 22.8 Å². The average molecular weight is 526 g/mol. The van der Waals surface area contributed by atoms with Crippen LogP contribution in [0.2, 0.25) is 0 Å². The average Bonchev–Trinajstić information content (AvgIpc) is 3.37. The molecular formula is C28H33F2N5O3. The van der Waals surface area contributed by atoms with Gasteiger partial charge in [0.15, 0.2) is 11.5 Å². The van der Waals surface area contributed by atoms with Gasteiger partial charge in [0.25, 0.3) is 12.3 Å². The predicted molar refractivity (Wildman–Crippen MR) is 141 cm³/mol. The fourth-order valence-corrected chi connectivity index (χ4v) is 5.23. The molecule has 0 saturated carbocycles. The third-order valence-corrected chi connectivity index (χ3v) is 7.40. The minimum atomic E-state index is -2.59. The fraction of sp³-hybridized carbons (Fsp3) is 0.429. The number of hydrogen-bond donors (Lipinski definition) is 2. The molecule has 4 atom stereocenters. The molecule has 10 heteroatoms. The molecule has 2 unspecified atom stereocenters. The molecular weight excluding hydrogens is 492 g/mol. The van der Waals surface area contributed by atoms with Crippen molar-refractivity contribution in [1.29, 1.82) is 0 Å². The highest BCUT2D eigenvalue weighted by Crippen LogP contribution is 2.41. The highest BCUT2D eigenvalue weighted by Gasteiger charge is 2.35. The van der Waals surface area contributed by atoms with Gasteiger partial charge in [0.05, 0.1) is 26.0 Å². The smallest absolute Gasteiger partial charge is 0.260 e. The number of fused-ring (bicyclic) bond motifs is 1. The molecule has 1 saturated heterocycles. The number of nitrogens with zero attached hydrogens (tertiary/aromatic N) is 3. The molecule has 3 heterocycles. The number of piperazine rings is 1. The number of benzene rings is 2. The summed E-state index contributed by atoms with van der Waals surface area (Å²) >= 11 is 0. The number of halogens is 2. The van der Waals surface area contributed by atoms with Crippen LogP contribution in [-0.4, -0.2) is 66.4 Å². The number of hydrogen-bond acceptors (Lipinski definition) is 6. The van der Waals surface area contributed by atoms with Gasteiger partial charge in [-0.05, 0) is 50.1 Å². The molecule has 2 N–H and O–H groups in total. The number of nitrogens with one attached hydrogen (secondary N) is 2. The van der Waals surface area contributed by atoms with Crippen molar-refractivity contribution in [3.63, 3.8) is 0 Å². The number of aromatic nitrogens is 2. The predicted octanol–water partition coefficient (Wildman–Crippen LogP) is 4.75. The quantitative estimate of drug-likeness (QED) is 0.484. The van der Waals surface area contributed by atoms with Gasteiger partial charge in [-0.25, -0.2) is 13.5 Å². The van der Waals surface area contributed by atoms with Gasteiger partial charge in [-0.3, -0.25) is 4.79 Å². The summed E-state index contributed by atoms with van der Waals surface area (Å²) in [6.45, 7) is 5.50. The first-order valence-electron chi connectivity index (χ1n) is 12.8. The molecule has 1 aromatic heterocycles. The standard InChI is InChI=1S/C28H33F2N5O3/c1-16-15-34(17(2)14-31-16)28(36)19-7-5-18(6-8-19)22-13-26-32-21(12-23(27(29)30)35(26)33-22)20-9-10-24(37-3)25(11-20)38-4/h5-11,13,16-17,21,23,27,31-32H,12,14-15H2,1-4H3/t16-,17+,21?,23?/m0/s1. The number of rotatable bonds is 6. The number of anilines is 1. The van der Waals surface area contributed by atoms with Gasteiger partial charge < -0.3 is 25.0 Å². The van der Waals surface area contributed by atoms with Crippen molar-refractivity contribution in [3.05, 3.63) is 59.7 Å². The Kier molecular flexibility index (Phi) is 7.25. The summed E-state index contributed by atoms with van der Waals surface area (Å²) in [5.74, 6) is 1.62. The highest BCUT2D eigenvalue weighted by atomic mass is 19.3. The molecule has 2 aliphatic heterocycles. The van der Waals surface area contributed by atoms with E-state index >= 15 is 0 Å². The molecule has 2 aromatic carbocycles. The van der Waals surface area contributed by atoms with Gasteiger partial charge in [-0.15, -0.1) is 0 Å². The Hall–Kier alpha value is -3.66. The molecule has 5 rings (SSSR count). The second-order valence-electron chi connectivity index (χ2n) is 10.0. The Labute approximate surface area is 220 Å². The molecule has 1 fully saturated rings. The van der Waals surface area contributed by atoms with Crippen molar-refractivity contribution in [2.45, 2.75) is 50.9 Å². The van der Waals surface area contributed by atoms with E-state index in [4.69, 9.17) is 9.47 Å². The van der Waals surface area contributed by atoms with Gasteiger partial charge >= 0.3 is 0 Å². The maximum absolute atomic E-state index is 14.2. The lowest BCUT2D eigenvalue weighted by Crippen LogP contribution is -2.56. The van der Waals surface area contributed by atoms with Gasteiger partial charge in [-0.2, -0.15) is 5.10 Å². The van der Waals surface area contributed by atoms with Crippen LogP contribution < -0.4 is 20.1 Å². The van der Waals surface area contributed by atoms with E-state index in [1.165, 1.54) is 4.68 Å². The van der Waals surface area contributed by atoms with Crippen LogP contribution in [0.15, 0.2) is 48.5 Å². The highest BCUT2D eigenvalue weighted by molar-refractivity contribution is 5.95. The van der Waals surface area contributed by atoms with E-state index in [0.717, 1.165) is 17.7 Å². The second kappa shape index (κ2) is 10.6. The Morgan fingerprint density at radius 2 is 1.79 bits per heavy atom. The molecule has 0 radical (unpaired) electrons. The van der Waals surface area contributed by atoms with Crippen LogP contribution >= 0.6 is 0 Å². The van der Waals surface area contributed by atoms with E-state index in [9.17, 15) is 13.6 Å². The summed E-state index contributed by atoms with van der Waals surface area (Å²) in [7, 11) is 3.10. The van der Waals surface area contributed by atoms with E-state index in [2.05, 4.69) is 22.7 Å². The lowest BCUT2D eigenvalue weighted by atomic mass is 9.97. The number of ether oxygens (including phenoxy) is 2. The molecule has 3 aromatic rings. The number of amides is 1. The summed E-state index contributed by atoms with van der Waals surface area (Å²) in [4.78, 5) is 15.0. The zero-order valence-corrected chi connectivity index (χ0v) is 21.9. The summed E-state index contributed by atoms with van der Waals surface area (Å²) < 4.78 is 40.4. The molecule has 38 heavy (non-hydrogen) atoms. The van der Waals surface area contributed by atoms with Crippen molar-refractivity contribution >= 4 is 11.7 Å². The summed E-state index contributed by atoms with van der Waals surface area (Å²) in [5, 5.41) is 11.3.